The summed E-state index contributed by atoms with van der Waals surface area (Å²) in [6, 6.07) is 9.19. The van der Waals surface area contributed by atoms with Gasteiger partial charge >= 0.3 is 0 Å². The molecule has 1 aliphatic carbocycles. The smallest absolute Gasteiger partial charge is 0.251 e. The molecule has 1 heterocycles. The van der Waals surface area contributed by atoms with E-state index in [2.05, 4.69) is 42.2 Å². The summed E-state index contributed by atoms with van der Waals surface area (Å²) in [5.74, 6) is -0.496. The molecule has 1 unspecified atom stereocenters. The number of aliphatic imine (C=N–C) groups is 1. The van der Waals surface area contributed by atoms with Gasteiger partial charge in [0, 0.05) is 34.9 Å². The molecule has 5 N–H and O–H groups in total. The topological polar surface area (TPSA) is 115 Å². The quantitative estimate of drug-likeness (QED) is 0.306. The average Bonchev–Trinajstić information content (AvgIpc) is 3.68. The Hall–Kier alpha value is -3.21. The van der Waals surface area contributed by atoms with Gasteiger partial charge in [-0.05, 0) is 61.1 Å². The molecule has 0 aromatic heterocycles. The summed E-state index contributed by atoms with van der Waals surface area (Å²) in [5, 5.41) is 21.6. The zero-order valence-electron chi connectivity index (χ0n) is 20.4. The van der Waals surface area contributed by atoms with Crippen LogP contribution >= 0.6 is 15.9 Å². The number of rotatable bonds is 9. The lowest BCUT2D eigenvalue weighted by Crippen LogP contribution is -2.38. The molecule has 1 fully saturated rings. The molecule has 37 heavy (non-hydrogen) atoms. The van der Waals surface area contributed by atoms with Crippen molar-refractivity contribution in [3.05, 3.63) is 57.6 Å². The van der Waals surface area contributed by atoms with E-state index in [-0.39, 0.29) is 17.9 Å². The molecule has 8 nitrogen and oxygen atoms in total. The van der Waals surface area contributed by atoms with Crippen LogP contribution in [-0.2, 0) is 10.2 Å². The second-order valence-corrected chi connectivity index (χ2v) is 10.3. The van der Waals surface area contributed by atoms with E-state index in [1.807, 2.05) is 13.0 Å². The number of hydrogen-bond acceptors (Lipinski definition) is 6. The number of hydrogen-bond donors (Lipinski definition) is 5. The molecular weight excluding hydrogens is 548 g/mol. The molecule has 4 rings (SSSR count). The van der Waals surface area contributed by atoms with Gasteiger partial charge in [0.15, 0.2) is 5.96 Å². The first-order valence-corrected chi connectivity index (χ1v) is 13.1. The first kappa shape index (κ1) is 26.8. The molecule has 0 saturated heterocycles. The van der Waals surface area contributed by atoms with Gasteiger partial charge < -0.3 is 26.4 Å². The van der Waals surface area contributed by atoms with Crippen molar-refractivity contribution in [3.8, 4) is 5.75 Å². The van der Waals surface area contributed by atoms with Crippen molar-refractivity contribution in [2.24, 2.45) is 4.99 Å². The van der Waals surface area contributed by atoms with E-state index in [9.17, 15) is 23.5 Å². The van der Waals surface area contributed by atoms with Crippen molar-refractivity contribution < 1.29 is 23.5 Å². The number of nitrogens with zero attached hydrogens (tertiary/aromatic N) is 1. The van der Waals surface area contributed by atoms with Gasteiger partial charge in [-0.25, -0.2) is 8.78 Å². The summed E-state index contributed by atoms with van der Waals surface area (Å²) in [6.07, 6.45) is -0.102. The van der Waals surface area contributed by atoms with Crippen LogP contribution in [-0.4, -0.2) is 48.9 Å². The summed E-state index contributed by atoms with van der Waals surface area (Å²) in [7, 11) is 0. The zero-order chi connectivity index (χ0) is 26.6. The van der Waals surface area contributed by atoms with Crippen molar-refractivity contribution in [1.29, 1.82) is 0 Å². The maximum atomic E-state index is 13.6. The Morgan fingerprint density at radius 1 is 1.19 bits per heavy atom. The monoisotopic (exact) mass is 577 g/mol. The summed E-state index contributed by atoms with van der Waals surface area (Å²) >= 11 is 3.41. The Labute approximate surface area is 222 Å². The highest BCUT2D eigenvalue weighted by Crippen LogP contribution is 2.53. The Bertz CT molecular complexity index is 1200. The van der Waals surface area contributed by atoms with Crippen LogP contribution in [0.3, 0.4) is 0 Å². The number of halogens is 3. The first-order valence-electron chi connectivity index (χ1n) is 12.3. The second-order valence-electron chi connectivity index (χ2n) is 9.35. The van der Waals surface area contributed by atoms with Crippen LogP contribution in [0, 0.1) is 0 Å². The van der Waals surface area contributed by atoms with Crippen LogP contribution in [0.15, 0.2) is 45.9 Å². The molecule has 0 spiro atoms. The number of carbonyl (C=O) groups is 2. The molecule has 2 amide bonds. The highest BCUT2D eigenvalue weighted by Gasteiger charge is 2.52. The number of phenols is 1. The molecule has 2 aromatic carbocycles. The van der Waals surface area contributed by atoms with Gasteiger partial charge in [-0.2, -0.15) is 0 Å². The van der Waals surface area contributed by atoms with Crippen LogP contribution in [0.2, 0.25) is 0 Å². The fourth-order valence-electron chi connectivity index (χ4n) is 4.37. The van der Waals surface area contributed by atoms with E-state index in [4.69, 9.17) is 0 Å². The molecule has 2 aliphatic rings. The Morgan fingerprint density at radius 2 is 1.97 bits per heavy atom. The van der Waals surface area contributed by atoms with E-state index in [1.54, 1.807) is 18.2 Å². The molecule has 198 valence electrons. The van der Waals surface area contributed by atoms with Gasteiger partial charge in [0.25, 0.3) is 5.91 Å². The highest BCUT2D eigenvalue weighted by atomic mass is 79.9. The van der Waals surface area contributed by atoms with E-state index >= 15 is 0 Å². The van der Waals surface area contributed by atoms with Gasteiger partial charge in [0.05, 0.1) is 18.0 Å². The highest BCUT2D eigenvalue weighted by molar-refractivity contribution is 9.10. The number of carbonyl (C=O) groups excluding carboxylic acids is 2. The molecule has 0 bridgehead atoms. The number of benzene rings is 2. The van der Waals surface area contributed by atoms with Crippen LogP contribution in [0.1, 0.15) is 60.1 Å². The van der Waals surface area contributed by atoms with Gasteiger partial charge in [-0.15, -0.1) is 0 Å². The summed E-state index contributed by atoms with van der Waals surface area (Å²) < 4.78 is 28.0. The largest absolute Gasteiger partial charge is 0.508 e. The minimum Gasteiger partial charge on any atom is -0.508 e. The summed E-state index contributed by atoms with van der Waals surface area (Å²) in [4.78, 5) is 29.7. The number of anilines is 1. The lowest BCUT2D eigenvalue weighted by atomic mass is 9.92. The predicted octanol–water partition coefficient (Wildman–Crippen LogP) is 4.21. The van der Waals surface area contributed by atoms with Crippen LogP contribution < -0.4 is 21.3 Å². The third kappa shape index (κ3) is 6.57. The van der Waals surface area contributed by atoms with Gasteiger partial charge in [0.1, 0.15) is 5.75 Å². The van der Waals surface area contributed by atoms with Crippen molar-refractivity contribution in [2.75, 3.05) is 25.0 Å². The normalized spacial score (nSPS) is 16.8. The number of aromatic hydroxyl groups is 1. The minimum atomic E-state index is -2.44. The van der Waals surface area contributed by atoms with Crippen molar-refractivity contribution in [1.82, 2.24) is 16.0 Å². The molecule has 1 saturated carbocycles. The van der Waals surface area contributed by atoms with Crippen LogP contribution in [0.4, 0.5) is 14.5 Å². The lowest BCUT2D eigenvalue weighted by Gasteiger charge is -2.22. The van der Waals surface area contributed by atoms with Gasteiger partial charge in [-0.1, -0.05) is 28.9 Å². The summed E-state index contributed by atoms with van der Waals surface area (Å²) in [5.41, 5.74) is 0.842. The van der Waals surface area contributed by atoms with E-state index in [1.165, 1.54) is 12.1 Å². The number of guanidine groups is 1. The third-order valence-electron chi connectivity index (χ3n) is 6.60. The Morgan fingerprint density at radius 3 is 2.62 bits per heavy atom. The Balaban J connectivity index is 1.38. The SMILES string of the molecule is CCC(NC(=O)CNC(=O)c1cc(O)cc(NC2=NCCCN2)c1)c1cc(Br)cc(C2(C(F)F)CC2)c1. The maximum absolute atomic E-state index is 13.6. The van der Waals surface area contributed by atoms with Crippen LogP contribution in [0.25, 0.3) is 0 Å². The van der Waals surface area contributed by atoms with E-state index < -0.39 is 29.7 Å². The molecule has 0 radical (unpaired) electrons. The van der Waals surface area contributed by atoms with Crippen molar-refractivity contribution in [2.45, 2.75) is 50.5 Å². The molecular formula is C26H30BrF2N5O3. The maximum Gasteiger partial charge on any atom is 0.251 e. The fraction of sp³-hybridized carbons (Fsp3) is 0.423. The molecule has 2 aromatic rings. The molecule has 1 aliphatic heterocycles. The number of nitrogens with one attached hydrogen (secondary N) is 4. The van der Waals surface area contributed by atoms with Gasteiger partial charge in [0.2, 0.25) is 12.3 Å². The summed E-state index contributed by atoms with van der Waals surface area (Å²) in [6.45, 7) is 3.06. The third-order valence-corrected chi connectivity index (χ3v) is 7.05. The lowest BCUT2D eigenvalue weighted by molar-refractivity contribution is -0.120. The number of alkyl halides is 2. The predicted molar refractivity (Wildman–Crippen MR) is 141 cm³/mol. The standard InChI is InChI=1S/C26H30BrF2N5O3/c1-2-21(15-8-17(12-18(27)9-15)26(4-5-26)24(28)29)34-22(36)14-32-23(37)16-10-19(13-20(35)11-16)33-25-30-6-3-7-31-25/h8-13,21,24,35H,2-7,14H2,1H3,(H,32,37)(H,34,36)(H2,30,31,33). The fourth-order valence-corrected chi connectivity index (χ4v) is 4.88. The second kappa shape index (κ2) is 11.5. The van der Waals surface area contributed by atoms with Crippen LogP contribution in [0.5, 0.6) is 5.75 Å². The number of amides is 2. The van der Waals surface area contributed by atoms with E-state index in [0.717, 1.165) is 18.5 Å². The van der Waals surface area contributed by atoms with Gasteiger partial charge in [-0.3, -0.25) is 14.6 Å². The minimum absolute atomic E-state index is 0.107. The van der Waals surface area contributed by atoms with E-state index in [0.29, 0.717) is 47.5 Å². The zero-order valence-corrected chi connectivity index (χ0v) is 22.0. The average molecular weight is 578 g/mol. The molecule has 1 atom stereocenters. The first-order chi connectivity index (χ1) is 17.7. The number of phenolic OH excluding ortho intramolecular Hbond substituents is 1. The van der Waals surface area contributed by atoms with Crippen molar-refractivity contribution in [3.63, 3.8) is 0 Å². The van der Waals surface area contributed by atoms with Crippen molar-refractivity contribution >= 4 is 39.4 Å². The molecule has 11 heteroatoms. The Kier molecular flexibility index (Phi) is 8.31.